The highest BCUT2D eigenvalue weighted by molar-refractivity contribution is 7.07. The van der Waals surface area contributed by atoms with Crippen LogP contribution in [-0.2, 0) is 11.3 Å². The molecule has 1 atom stereocenters. The van der Waals surface area contributed by atoms with Crippen molar-refractivity contribution in [2.45, 2.75) is 38.4 Å². The van der Waals surface area contributed by atoms with Crippen molar-refractivity contribution in [2.24, 2.45) is 0 Å². The van der Waals surface area contributed by atoms with Gasteiger partial charge in [-0.15, -0.1) is 0 Å². The van der Waals surface area contributed by atoms with Crippen LogP contribution in [0.4, 0.5) is 0 Å². The smallest absolute Gasteiger partial charge is 0.240 e. The number of rotatable bonds is 5. The van der Waals surface area contributed by atoms with Crippen LogP contribution < -0.4 is 5.32 Å². The Morgan fingerprint density at radius 2 is 2.25 bits per heavy atom. The maximum atomic E-state index is 12.8. The van der Waals surface area contributed by atoms with Crippen molar-refractivity contribution >= 4 is 17.2 Å². The van der Waals surface area contributed by atoms with Gasteiger partial charge in [0.05, 0.1) is 6.04 Å². The summed E-state index contributed by atoms with van der Waals surface area (Å²) in [5, 5.41) is 7.58. The second-order valence-electron chi connectivity index (χ2n) is 5.79. The summed E-state index contributed by atoms with van der Waals surface area (Å²) in [6, 6.07) is 2.62. The van der Waals surface area contributed by atoms with Gasteiger partial charge in [-0.1, -0.05) is 0 Å². The molecule has 4 nitrogen and oxygen atoms in total. The summed E-state index contributed by atoms with van der Waals surface area (Å²) in [6.45, 7) is 6.78. The number of thiophene rings is 1. The standard InChI is InChI=1S/C15H23N3OS/c1-12(17-7-5-16-6-8-17)15(19)18(14-2-3-14)10-13-4-9-20-11-13/h4,9,11-12,14,16H,2-3,5-8,10H2,1H3. The van der Waals surface area contributed by atoms with E-state index < -0.39 is 0 Å². The van der Waals surface area contributed by atoms with Gasteiger partial charge < -0.3 is 10.2 Å². The first-order valence-electron chi connectivity index (χ1n) is 7.52. The second kappa shape index (κ2) is 6.24. The minimum absolute atomic E-state index is 0.0105. The molecule has 1 aromatic heterocycles. The summed E-state index contributed by atoms with van der Waals surface area (Å²) in [4.78, 5) is 17.2. The van der Waals surface area contributed by atoms with Gasteiger partial charge in [0.1, 0.15) is 0 Å². The van der Waals surface area contributed by atoms with E-state index in [0.29, 0.717) is 11.9 Å². The fourth-order valence-electron chi connectivity index (χ4n) is 2.82. The Morgan fingerprint density at radius 1 is 1.50 bits per heavy atom. The van der Waals surface area contributed by atoms with E-state index in [-0.39, 0.29) is 6.04 Å². The topological polar surface area (TPSA) is 35.6 Å². The molecule has 2 heterocycles. The highest BCUT2D eigenvalue weighted by Crippen LogP contribution is 2.29. The molecule has 0 aromatic carbocycles. The van der Waals surface area contributed by atoms with Crippen LogP contribution in [0.15, 0.2) is 16.8 Å². The molecule has 0 radical (unpaired) electrons. The van der Waals surface area contributed by atoms with Crippen molar-refractivity contribution < 1.29 is 4.79 Å². The number of amides is 1. The fraction of sp³-hybridized carbons (Fsp3) is 0.667. The number of carbonyl (C=O) groups is 1. The third-order valence-electron chi connectivity index (χ3n) is 4.26. The molecule has 1 N–H and O–H groups in total. The lowest BCUT2D eigenvalue weighted by atomic mass is 10.2. The molecule has 3 rings (SSSR count). The first-order chi connectivity index (χ1) is 9.75. The first kappa shape index (κ1) is 14.0. The van der Waals surface area contributed by atoms with E-state index >= 15 is 0 Å². The minimum Gasteiger partial charge on any atom is -0.334 e. The number of nitrogens with zero attached hydrogens (tertiary/aromatic N) is 2. The fourth-order valence-corrected chi connectivity index (χ4v) is 3.48. The Labute approximate surface area is 124 Å². The average molecular weight is 293 g/mol. The molecule has 5 heteroatoms. The number of hydrogen-bond donors (Lipinski definition) is 1. The summed E-state index contributed by atoms with van der Waals surface area (Å²) >= 11 is 1.71. The molecule has 110 valence electrons. The zero-order chi connectivity index (χ0) is 13.9. The molecule has 1 unspecified atom stereocenters. The van der Waals surface area contributed by atoms with Crippen molar-refractivity contribution in [3.05, 3.63) is 22.4 Å². The summed E-state index contributed by atoms with van der Waals surface area (Å²) < 4.78 is 0. The summed E-state index contributed by atoms with van der Waals surface area (Å²) in [5.74, 6) is 0.306. The van der Waals surface area contributed by atoms with Crippen molar-refractivity contribution in [1.82, 2.24) is 15.1 Å². The Bertz CT molecular complexity index is 438. The van der Waals surface area contributed by atoms with E-state index in [1.165, 1.54) is 18.4 Å². The molecule has 1 saturated heterocycles. The maximum Gasteiger partial charge on any atom is 0.240 e. The molecule has 1 aliphatic heterocycles. The summed E-state index contributed by atoms with van der Waals surface area (Å²) in [5.41, 5.74) is 1.27. The van der Waals surface area contributed by atoms with Gasteiger partial charge in [0.2, 0.25) is 5.91 Å². The molecule has 1 aromatic rings. The highest BCUT2D eigenvalue weighted by atomic mass is 32.1. The molecule has 0 bridgehead atoms. The summed E-state index contributed by atoms with van der Waals surface area (Å²) in [6.07, 6.45) is 2.34. The van der Waals surface area contributed by atoms with Crippen molar-refractivity contribution in [3.8, 4) is 0 Å². The van der Waals surface area contributed by atoms with Crippen LogP contribution in [0, 0.1) is 0 Å². The third-order valence-corrected chi connectivity index (χ3v) is 4.99. The molecule has 1 saturated carbocycles. The highest BCUT2D eigenvalue weighted by Gasteiger charge is 2.36. The van der Waals surface area contributed by atoms with Crippen molar-refractivity contribution in [3.63, 3.8) is 0 Å². The van der Waals surface area contributed by atoms with E-state index in [2.05, 4.69) is 38.9 Å². The lowest BCUT2D eigenvalue weighted by molar-refractivity contribution is -0.137. The molecule has 2 aliphatic rings. The van der Waals surface area contributed by atoms with Crippen LogP contribution in [0.5, 0.6) is 0 Å². The van der Waals surface area contributed by atoms with E-state index in [1.807, 2.05) is 0 Å². The van der Waals surface area contributed by atoms with Gasteiger partial charge in [-0.3, -0.25) is 9.69 Å². The van der Waals surface area contributed by atoms with Crippen LogP contribution in [0.1, 0.15) is 25.3 Å². The Morgan fingerprint density at radius 3 is 2.85 bits per heavy atom. The molecule has 20 heavy (non-hydrogen) atoms. The largest absolute Gasteiger partial charge is 0.334 e. The lowest BCUT2D eigenvalue weighted by Gasteiger charge is -2.35. The van der Waals surface area contributed by atoms with Crippen LogP contribution >= 0.6 is 11.3 Å². The van der Waals surface area contributed by atoms with E-state index in [9.17, 15) is 4.79 Å². The van der Waals surface area contributed by atoms with E-state index in [1.54, 1.807) is 11.3 Å². The number of hydrogen-bond acceptors (Lipinski definition) is 4. The van der Waals surface area contributed by atoms with Gasteiger partial charge in [0.15, 0.2) is 0 Å². The lowest BCUT2D eigenvalue weighted by Crippen LogP contribution is -2.53. The van der Waals surface area contributed by atoms with Gasteiger partial charge in [0.25, 0.3) is 0 Å². The normalized spacial score (nSPS) is 21.6. The molecule has 0 spiro atoms. The van der Waals surface area contributed by atoms with Crippen LogP contribution in [-0.4, -0.2) is 54.0 Å². The Hall–Kier alpha value is -0.910. The predicted molar refractivity (Wildman–Crippen MR) is 81.8 cm³/mol. The quantitative estimate of drug-likeness (QED) is 0.894. The van der Waals surface area contributed by atoms with Crippen molar-refractivity contribution in [1.29, 1.82) is 0 Å². The Balaban J connectivity index is 1.65. The third kappa shape index (κ3) is 3.22. The predicted octanol–water partition coefficient (Wildman–Crippen LogP) is 1.53. The average Bonchev–Trinajstić information content (AvgIpc) is 3.21. The first-order valence-corrected chi connectivity index (χ1v) is 8.46. The molecular weight excluding hydrogens is 270 g/mol. The number of carbonyl (C=O) groups excluding carboxylic acids is 1. The van der Waals surface area contributed by atoms with Crippen LogP contribution in [0.3, 0.4) is 0 Å². The molecular formula is C15H23N3OS. The number of piperazine rings is 1. The van der Waals surface area contributed by atoms with Gasteiger partial charge in [-0.2, -0.15) is 11.3 Å². The monoisotopic (exact) mass is 293 g/mol. The maximum absolute atomic E-state index is 12.8. The molecule has 1 amide bonds. The van der Waals surface area contributed by atoms with E-state index in [4.69, 9.17) is 0 Å². The second-order valence-corrected chi connectivity index (χ2v) is 6.57. The number of nitrogens with one attached hydrogen (secondary N) is 1. The molecule has 2 fully saturated rings. The van der Waals surface area contributed by atoms with Crippen LogP contribution in [0.2, 0.25) is 0 Å². The van der Waals surface area contributed by atoms with Crippen LogP contribution in [0.25, 0.3) is 0 Å². The minimum atomic E-state index is 0.0105. The van der Waals surface area contributed by atoms with Gasteiger partial charge in [0, 0.05) is 38.8 Å². The molecule has 1 aliphatic carbocycles. The SMILES string of the molecule is CC(C(=O)N(Cc1ccsc1)C1CC1)N1CCNCC1. The van der Waals surface area contributed by atoms with E-state index in [0.717, 1.165) is 32.7 Å². The van der Waals surface area contributed by atoms with Gasteiger partial charge >= 0.3 is 0 Å². The van der Waals surface area contributed by atoms with Crippen molar-refractivity contribution in [2.75, 3.05) is 26.2 Å². The zero-order valence-corrected chi connectivity index (χ0v) is 12.9. The Kier molecular flexibility index (Phi) is 4.38. The van der Waals surface area contributed by atoms with Gasteiger partial charge in [-0.25, -0.2) is 0 Å². The van der Waals surface area contributed by atoms with Gasteiger partial charge in [-0.05, 0) is 42.2 Å². The zero-order valence-electron chi connectivity index (χ0n) is 12.0. The summed E-state index contributed by atoms with van der Waals surface area (Å²) in [7, 11) is 0.